The molecule has 0 radical (unpaired) electrons. The van der Waals surface area contributed by atoms with Crippen molar-refractivity contribution < 1.29 is 4.74 Å². The van der Waals surface area contributed by atoms with Crippen LogP contribution in [0.15, 0.2) is 122 Å². The van der Waals surface area contributed by atoms with Crippen molar-refractivity contribution in [3.05, 3.63) is 167 Å². The first-order valence-electron chi connectivity index (χ1n) is 24.7. The van der Waals surface area contributed by atoms with E-state index in [1.165, 1.54) is 125 Å². The lowest BCUT2D eigenvalue weighted by atomic mass is 9.99. The molecule has 0 spiro atoms. The maximum atomic E-state index is 7.34. The predicted molar refractivity (Wildman–Crippen MR) is 264 cm³/mol. The van der Waals surface area contributed by atoms with E-state index in [4.69, 9.17) is 24.7 Å². The Kier molecular flexibility index (Phi) is 20.0. The van der Waals surface area contributed by atoms with Gasteiger partial charge in [-0.2, -0.15) is 0 Å². The first-order valence-corrected chi connectivity index (χ1v) is 24.7. The number of rotatable bonds is 28. The zero-order valence-corrected chi connectivity index (χ0v) is 39.0. The number of unbranched alkanes of at least 4 members (excludes halogenated alkanes) is 12. The second-order valence-electron chi connectivity index (χ2n) is 17.7. The van der Waals surface area contributed by atoms with Gasteiger partial charge in [0.05, 0.1) is 47.6 Å². The molecule has 0 fully saturated rings. The fourth-order valence-corrected chi connectivity index (χ4v) is 8.45. The molecule has 0 aliphatic heterocycles. The Morgan fingerprint density at radius 3 is 0.952 bits per heavy atom. The van der Waals surface area contributed by atoms with Gasteiger partial charge in [-0.1, -0.05) is 202 Å². The van der Waals surface area contributed by atoms with Gasteiger partial charge < -0.3 is 4.74 Å². The molecule has 5 heteroatoms. The van der Waals surface area contributed by atoms with Crippen molar-refractivity contribution in [1.82, 2.24) is 19.9 Å². The van der Waals surface area contributed by atoms with Crippen LogP contribution in [-0.2, 0) is 30.4 Å². The van der Waals surface area contributed by atoms with Crippen molar-refractivity contribution in [3.8, 4) is 22.5 Å². The third-order valence-corrected chi connectivity index (χ3v) is 12.5. The smallest absolute Gasteiger partial charge is 0.127 e. The third-order valence-electron chi connectivity index (χ3n) is 12.5. The summed E-state index contributed by atoms with van der Waals surface area (Å²) >= 11 is 0. The highest BCUT2D eigenvalue weighted by Crippen LogP contribution is 2.36. The van der Waals surface area contributed by atoms with Crippen LogP contribution in [0.3, 0.4) is 0 Å². The van der Waals surface area contributed by atoms with Gasteiger partial charge in [0.15, 0.2) is 0 Å². The Balaban J connectivity index is 1.30. The largest absolute Gasteiger partial charge is 0.353 e. The Labute approximate surface area is 380 Å². The van der Waals surface area contributed by atoms with Crippen molar-refractivity contribution in [2.45, 2.75) is 168 Å². The van der Waals surface area contributed by atoms with Gasteiger partial charge in [-0.05, 0) is 84.7 Å². The van der Waals surface area contributed by atoms with E-state index in [9.17, 15) is 0 Å². The van der Waals surface area contributed by atoms with Gasteiger partial charge in [-0.3, -0.25) is 19.9 Å². The average molecular weight is 843 g/mol. The number of hydrogen-bond donors (Lipinski definition) is 0. The summed E-state index contributed by atoms with van der Waals surface area (Å²) in [7, 11) is 0. The standard InChI is InChI=1S/C58H74N4O/c1-5-9-13-15-19-23-47-29-37-51(38-30-47)57(55-43-59-53(41-61-55)49-33-25-45(26-34-49)21-17-11-7-3)63-58(52-39-31-48(32-40-52)24-20-16-14-10-6-2)56-44-60-54(42-62-56)50-35-27-46(28-36-50)22-18-12-8-4/h25-44,57-58H,5-24H2,1-4H3. The van der Waals surface area contributed by atoms with Gasteiger partial charge in [0.25, 0.3) is 0 Å². The summed E-state index contributed by atoms with van der Waals surface area (Å²) in [5, 5.41) is 0. The van der Waals surface area contributed by atoms with E-state index in [-0.39, 0.29) is 0 Å². The fraction of sp³-hybridized carbons (Fsp3) is 0.448. The van der Waals surface area contributed by atoms with E-state index in [0.29, 0.717) is 0 Å². The Hall–Kier alpha value is -5.00. The molecular formula is C58H74N4O. The van der Waals surface area contributed by atoms with E-state index < -0.39 is 12.2 Å². The van der Waals surface area contributed by atoms with Crippen LogP contribution in [0.5, 0.6) is 0 Å². The maximum absolute atomic E-state index is 7.34. The number of nitrogens with zero attached hydrogens (tertiary/aromatic N) is 4. The summed E-state index contributed by atoms with van der Waals surface area (Å²) in [5.41, 5.74) is 12.9. The summed E-state index contributed by atoms with van der Waals surface area (Å²) < 4.78 is 7.34. The highest BCUT2D eigenvalue weighted by molar-refractivity contribution is 5.59. The van der Waals surface area contributed by atoms with Crippen LogP contribution in [0.25, 0.3) is 22.5 Å². The summed E-state index contributed by atoms with van der Waals surface area (Å²) in [6, 6.07) is 35.6. The van der Waals surface area contributed by atoms with E-state index in [2.05, 4.69) is 125 Å². The summed E-state index contributed by atoms with van der Waals surface area (Å²) in [6.45, 7) is 9.05. The van der Waals surface area contributed by atoms with Crippen LogP contribution in [0, 0.1) is 0 Å². The molecule has 0 N–H and O–H groups in total. The average Bonchev–Trinajstić information content (AvgIpc) is 3.33. The van der Waals surface area contributed by atoms with Gasteiger partial charge in [-0.15, -0.1) is 0 Å². The number of aryl methyl sites for hydroxylation is 4. The van der Waals surface area contributed by atoms with Crippen LogP contribution in [0.4, 0.5) is 0 Å². The van der Waals surface area contributed by atoms with Crippen LogP contribution >= 0.6 is 0 Å². The van der Waals surface area contributed by atoms with Crippen molar-refractivity contribution in [2.24, 2.45) is 0 Å². The van der Waals surface area contributed by atoms with E-state index in [0.717, 1.165) is 70.7 Å². The molecule has 332 valence electrons. The number of hydrogen-bond acceptors (Lipinski definition) is 5. The lowest BCUT2D eigenvalue weighted by molar-refractivity contribution is 0.0258. The van der Waals surface area contributed by atoms with Crippen molar-refractivity contribution in [3.63, 3.8) is 0 Å². The topological polar surface area (TPSA) is 60.8 Å². The van der Waals surface area contributed by atoms with E-state index in [1.54, 1.807) is 0 Å². The van der Waals surface area contributed by atoms with E-state index >= 15 is 0 Å². The molecule has 0 saturated heterocycles. The molecule has 2 heterocycles. The molecule has 2 aromatic heterocycles. The molecule has 0 amide bonds. The SMILES string of the molecule is CCCCCCCc1ccc(C(OC(c2ccc(CCCCCCC)cc2)c2cnc(-c3ccc(CCCCC)cc3)cn2)c2cnc(-c3ccc(CCCCC)cc3)cn2)cc1. The number of benzene rings is 4. The highest BCUT2D eigenvalue weighted by Gasteiger charge is 2.26. The van der Waals surface area contributed by atoms with Crippen LogP contribution in [-0.4, -0.2) is 19.9 Å². The van der Waals surface area contributed by atoms with Crippen molar-refractivity contribution in [1.29, 1.82) is 0 Å². The normalized spacial score (nSPS) is 12.4. The van der Waals surface area contributed by atoms with Gasteiger partial charge in [0.2, 0.25) is 0 Å². The summed E-state index contributed by atoms with van der Waals surface area (Å²) in [6.07, 6.45) is 31.1. The lowest BCUT2D eigenvalue weighted by Crippen LogP contribution is -2.16. The van der Waals surface area contributed by atoms with Crippen LogP contribution in [0.1, 0.15) is 187 Å². The molecule has 2 unspecified atom stereocenters. The molecular weight excluding hydrogens is 769 g/mol. The molecule has 6 aromatic rings. The van der Waals surface area contributed by atoms with Crippen molar-refractivity contribution in [2.75, 3.05) is 0 Å². The zero-order valence-electron chi connectivity index (χ0n) is 39.0. The Bertz CT molecular complexity index is 1970. The van der Waals surface area contributed by atoms with Gasteiger partial charge >= 0.3 is 0 Å². The number of ether oxygens (including phenoxy) is 1. The maximum Gasteiger partial charge on any atom is 0.127 e. The minimum absolute atomic E-state index is 0.490. The molecule has 0 aliphatic rings. The lowest BCUT2D eigenvalue weighted by Gasteiger charge is -2.25. The molecule has 5 nitrogen and oxygen atoms in total. The second kappa shape index (κ2) is 26.6. The van der Waals surface area contributed by atoms with Gasteiger partial charge in [0, 0.05) is 11.1 Å². The fourth-order valence-electron chi connectivity index (χ4n) is 8.45. The first kappa shape index (κ1) is 47.5. The summed E-state index contributed by atoms with van der Waals surface area (Å²) in [4.78, 5) is 20.2. The van der Waals surface area contributed by atoms with Crippen LogP contribution < -0.4 is 0 Å². The molecule has 6 rings (SSSR count). The highest BCUT2D eigenvalue weighted by atomic mass is 16.5. The minimum atomic E-state index is -0.490. The summed E-state index contributed by atoms with van der Waals surface area (Å²) in [5.74, 6) is 0. The second-order valence-corrected chi connectivity index (χ2v) is 17.7. The molecule has 0 bridgehead atoms. The predicted octanol–water partition coefficient (Wildman–Crippen LogP) is 16.0. The molecule has 0 aliphatic carbocycles. The van der Waals surface area contributed by atoms with E-state index in [1.807, 2.05) is 24.8 Å². The quantitative estimate of drug-likeness (QED) is 0.0461. The van der Waals surface area contributed by atoms with Crippen molar-refractivity contribution >= 4 is 0 Å². The molecule has 4 aromatic carbocycles. The van der Waals surface area contributed by atoms with Gasteiger partial charge in [-0.25, -0.2) is 0 Å². The first-order chi connectivity index (χ1) is 31.1. The number of aromatic nitrogens is 4. The Morgan fingerprint density at radius 2 is 0.635 bits per heavy atom. The molecule has 2 atom stereocenters. The Morgan fingerprint density at radius 1 is 0.333 bits per heavy atom. The van der Waals surface area contributed by atoms with Gasteiger partial charge in [0.1, 0.15) is 12.2 Å². The monoisotopic (exact) mass is 843 g/mol. The zero-order chi connectivity index (χ0) is 43.9. The molecule has 0 saturated carbocycles. The third kappa shape index (κ3) is 15.1. The minimum Gasteiger partial charge on any atom is -0.353 e. The van der Waals surface area contributed by atoms with Crippen LogP contribution in [0.2, 0.25) is 0 Å². The molecule has 63 heavy (non-hydrogen) atoms.